The Bertz CT molecular complexity index is 264. The Morgan fingerprint density at radius 3 is 2.56 bits per heavy atom. The number of carbonyl (C=O) groups excluding carboxylic acids is 2. The standard InChI is InChI=1S/C12H18O4/c1-15-11(13)8-5-9-12(14)16-10-6-3-2-4-7-10/h5,9-10H,2-4,6-8H2,1H3/b9-5+. The summed E-state index contributed by atoms with van der Waals surface area (Å²) in [5.74, 6) is -0.725. The summed E-state index contributed by atoms with van der Waals surface area (Å²) in [5.41, 5.74) is 0. The fourth-order valence-electron chi connectivity index (χ4n) is 1.72. The molecular weight excluding hydrogens is 208 g/mol. The van der Waals surface area contributed by atoms with Crippen LogP contribution in [0.25, 0.3) is 0 Å². The van der Waals surface area contributed by atoms with E-state index in [9.17, 15) is 9.59 Å². The molecule has 0 aliphatic heterocycles. The van der Waals surface area contributed by atoms with Crippen LogP contribution in [0.5, 0.6) is 0 Å². The van der Waals surface area contributed by atoms with Gasteiger partial charge in [0, 0.05) is 6.08 Å². The highest BCUT2D eigenvalue weighted by Gasteiger charge is 2.16. The predicted octanol–water partition coefficient (Wildman–Crippen LogP) is 1.98. The molecule has 0 heterocycles. The highest BCUT2D eigenvalue weighted by Crippen LogP contribution is 2.20. The summed E-state index contributed by atoms with van der Waals surface area (Å²) >= 11 is 0. The molecule has 0 atom stereocenters. The fourth-order valence-corrected chi connectivity index (χ4v) is 1.72. The van der Waals surface area contributed by atoms with Crippen molar-refractivity contribution in [2.75, 3.05) is 7.11 Å². The molecule has 1 aliphatic rings. The Morgan fingerprint density at radius 1 is 1.25 bits per heavy atom. The number of methoxy groups -OCH3 is 1. The summed E-state index contributed by atoms with van der Waals surface area (Å²) in [6.45, 7) is 0. The topological polar surface area (TPSA) is 52.6 Å². The molecule has 0 spiro atoms. The van der Waals surface area contributed by atoms with Crippen molar-refractivity contribution in [1.29, 1.82) is 0 Å². The third-order valence-corrected chi connectivity index (χ3v) is 2.60. The fraction of sp³-hybridized carbons (Fsp3) is 0.667. The number of hydrogen-bond acceptors (Lipinski definition) is 4. The number of rotatable bonds is 4. The molecule has 0 aromatic carbocycles. The van der Waals surface area contributed by atoms with Crippen LogP contribution in [0.4, 0.5) is 0 Å². The number of carbonyl (C=O) groups is 2. The second kappa shape index (κ2) is 7.04. The summed E-state index contributed by atoms with van der Waals surface area (Å²) in [6, 6.07) is 0. The molecule has 0 aromatic heterocycles. The van der Waals surface area contributed by atoms with Crippen molar-refractivity contribution in [1.82, 2.24) is 0 Å². The zero-order valence-electron chi connectivity index (χ0n) is 9.61. The lowest BCUT2D eigenvalue weighted by molar-refractivity contribution is -0.144. The van der Waals surface area contributed by atoms with Gasteiger partial charge >= 0.3 is 11.9 Å². The minimum atomic E-state index is -0.365. The quantitative estimate of drug-likeness (QED) is 0.543. The zero-order chi connectivity index (χ0) is 11.8. The van der Waals surface area contributed by atoms with Crippen molar-refractivity contribution >= 4 is 11.9 Å². The van der Waals surface area contributed by atoms with Crippen LogP contribution in [0.3, 0.4) is 0 Å². The van der Waals surface area contributed by atoms with Crippen LogP contribution in [0.15, 0.2) is 12.2 Å². The van der Waals surface area contributed by atoms with Crippen LogP contribution in [0.2, 0.25) is 0 Å². The Morgan fingerprint density at radius 2 is 1.94 bits per heavy atom. The van der Waals surface area contributed by atoms with Gasteiger partial charge in [-0.25, -0.2) is 4.79 Å². The summed E-state index contributed by atoms with van der Waals surface area (Å²) in [6.07, 6.45) is 8.33. The second-order valence-corrected chi connectivity index (χ2v) is 3.88. The van der Waals surface area contributed by atoms with Gasteiger partial charge in [0.25, 0.3) is 0 Å². The largest absolute Gasteiger partial charge is 0.469 e. The van der Waals surface area contributed by atoms with Crippen LogP contribution < -0.4 is 0 Å². The lowest BCUT2D eigenvalue weighted by Gasteiger charge is -2.20. The first-order valence-corrected chi connectivity index (χ1v) is 5.66. The molecule has 16 heavy (non-hydrogen) atoms. The molecule has 0 aromatic rings. The lowest BCUT2D eigenvalue weighted by atomic mass is 9.98. The Kier molecular flexibility index (Phi) is 5.61. The molecule has 0 saturated heterocycles. The molecule has 0 unspecified atom stereocenters. The maximum Gasteiger partial charge on any atom is 0.330 e. The Balaban J connectivity index is 2.21. The Labute approximate surface area is 95.6 Å². The number of hydrogen-bond donors (Lipinski definition) is 0. The van der Waals surface area contributed by atoms with Gasteiger partial charge in [-0.15, -0.1) is 0 Å². The highest BCUT2D eigenvalue weighted by atomic mass is 16.5. The molecule has 1 fully saturated rings. The van der Waals surface area contributed by atoms with Gasteiger partial charge in [-0.3, -0.25) is 4.79 Å². The van der Waals surface area contributed by atoms with E-state index in [2.05, 4.69) is 4.74 Å². The van der Waals surface area contributed by atoms with Crippen LogP contribution in [-0.4, -0.2) is 25.2 Å². The van der Waals surface area contributed by atoms with E-state index in [1.165, 1.54) is 25.7 Å². The minimum absolute atomic E-state index is 0.0593. The van der Waals surface area contributed by atoms with E-state index in [0.29, 0.717) is 0 Å². The van der Waals surface area contributed by atoms with Gasteiger partial charge in [0.05, 0.1) is 13.5 Å². The van der Waals surface area contributed by atoms with Gasteiger partial charge in [0.1, 0.15) is 6.10 Å². The first kappa shape index (κ1) is 12.7. The second-order valence-electron chi connectivity index (χ2n) is 3.88. The van der Waals surface area contributed by atoms with Gasteiger partial charge in [0.2, 0.25) is 0 Å². The highest BCUT2D eigenvalue weighted by molar-refractivity contribution is 5.83. The van der Waals surface area contributed by atoms with Gasteiger partial charge < -0.3 is 9.47 Å². The van der Waals surface area contributed by atoms with E-state index < -0.39 is 0 Å². The summed E-state index contributed by atoms with van der Waals surface area (Å²) in [4.78, 5) is 22.1. The van der Waals surface area contributed by atoms with Gasteiger partial charge in [-0.05, 0) is 25.7 Å². The van der Waals surface area contributed by atoms with Crippen molar-refractivity contribution in [2.24, 2.45) is 0 Å². The van der Waals surface area contributed by atoms with E-state index in [1.807, 2.05) is 0 Å². The normalized spacial score (nSPS) is 17.3. The molecule has 1 rings (SSSR count). The average molecular weight is 226 g/mol. The van der Waals surface area contributed by atoms with Crippen LogP contribution in [0, 0.1) is 0 Å². The SMILES string of the molecule is COC(=O)C/C=C/C(=O)OC1CCCCC1. The molecule has 0 amide bonds. The number of ether oxygens (including phenoxy) is 2. The molecule has 1 aliphatic carbocycles. The molecule has 90 valence electrons. The third-order valence-electron chi connectivity index (χ3n) is 2.60. The van der Waals surface area contributed by atoms with E-state index in [-0.39, 0.29) is 24.5 Å². The third kappa shape index (κ3) is 4.96. The minimum Gasteiger partial charge on any atom is -0.469 e. The predicted molar refractivity (Wildman–Crippen MR) is 58.7 cm³/mol. The molecule has 0 radical (unpaired) electrons. The first-order chi connectivity index (χ1) is 7.72. The maximum absolute atomic E-state index is 11.3. The molecule has 4 nitrogen and oxygen atoms in total. The van der Waals surface area contributed by atoms with E-state index in [4.69, 9.17) is 4.74 Å². The summed E-state index contributed by atoms with van der Waals surface area (Å²) in [5, 5.41) is 0. The van der Waals surface area contributed by atoms with Gasteiger partial charge in [-0.1, -0.05) is 12.5 Å². The van der Waals surface area contributed by atoms with E-state index >= 15 is 0 Å². The van der Waals surface area contributed by atoms with Crippen LogP contribution in [0.1, 0.15) is 38.5 Å². The summed E-state index contributed by atoms with van der Waals surface area (Å²) in [7, 11) is 1.32. The van der Waals surface area contributed by atoms with Crippen molar-refractivity contribution in [3.8, 4) is 0 Å². The molecule has 4 heteroatoms. The maximum atomic E-state index is 11.3. The van der Waals surface area contributed by atoms with Crippen molar-refractivity contribution in [3.05, 3.63) is 12.2 Å². The first-order valence-electron chi connectivity index (χ1n) is 5.66. The van der Waals surface area contributed by atoms with Crippen LogP contribution in [-0.2, 0) is 19.1 Å². The van der Waals surface area contributed by atoms with Gasteiger partial charge in [0.15, 0.2) is 0 Å². The zero-order valence-corrected chi connectivity index (χ0v) is 9.61. The molecule has 0 N–H and O–H groups in total. The van der Waals surface area contributed by atoms with Crippen LogP contribution >= 0.6 is 0 Å². The van der Waals surface area contributed by atoms with Crippen molar-refractivity contribution < 1.29 is 19.1 Å². The van der Waals surface area contributed by atoms with E-state index in [1.54, 1.807) is 0 Å². The summed E-state index contributed by atoms with van der Waals surface area (Å²) < 4.78 is 9.67. The van der Waals surface area contributed by atoms with Crippen molar-refractivity contribution in [3.63, 3.8) is 0 Å². The molecule has 0 bridgehead atoms. The van der Waals surface area contributed by atoms with Gasteiger partial charge in [-0.2, -0.15) is 0 Å². The van der Waals surface area contributed by atoms with E-state index in [0.717, 1.165) is 25.7 Å². The monoisotopic (exact) mass is 226 g/mol. The average Bonchev–Trinajstić information content (AvgIpc) is 2.30. The van der Waals surface area contributed by atoms with Crippen molar-refractivity contribution in [2.45, 2.75) is 44.6 Å². The molecular formula is C12H18O4. The molecule has 1 saturated carbocycles. The number of esters is 2. The smallest absolute Gasteiger partial charge is 0.330 e. The Hall–Kier alpha value is -1.32. The lowest BCUT2D eigenvalue weighted by Crippen LogP contribution is -2.19.